The zero-order chi connectivity index (χ0) is 8.53. The number of rotatable bonds is 7. The molecular formula is C8H21N2P. The average molecular weight is 176 g/mol. The first-order chi connectivity index (χ1) is 5.31. The third kappa shape index (κ3) is 8.25. The average Bonchev–Trinajstić information content (AvgIpc) is 2.01. The zero-order valence-corrected chi connectivity index (χ0v) is 8.92. The highest BCUT2D eigenvalue weighted by Gasteiger charge is 1.94. The lowest BCUT2D eigenvalue weighted by Gasteiger charge is -2.15. The quantitative estimate of drug-likeness (QED) is 0.467. The highest BCUT2D eigenvalue weighted by Crippen LogP contribution is 1.95. The van der Waals surface area contributed by atoms with Crippen molar-refractivity contribution in [2.45, 2.75) is 26.2 Å². The molecule has 1 atom stereocenters. The molecule has 0 bridgehead atoms. The van der Waals surface area contributed by atoms with Crippen LogP contribution < -0.4 is 5.09 Å². The van der Waals surface area contributed by atoms with Gasteiger partial charge in [-0.25, -0.2) is 0 Å². The number of likely N-dealkylation sites (N-methyl/N-ethyl adjacent to an activating group) is 1. The van der Waals surface area contributed by atoms with Gasteiger partial charge >= 0.3 is 0 Å². The summed E-state index contributed by atoms with van der Waals surface area (Å²) in [6.07, 6.45) is 4.01. The van der Waals surface area contributed by atoms with Crippen LogP contribution in [-0.2, 0) is 0 Å². The van der Waals surface area contributed by atoms with Gasteiger partial charge < -0.3 is 4.90 Å². The lowest BCUT2D eigenvalue weighted by molar-refractivity contribution is 0.331. The van der Waals surface area contributed by atoms with Crippen LogP contribution >= 0.6 is 9.39 Å². The van der Waals surface area contributed by atoms with Gasteiger partial charge in [-0.3, -0.25) is 5.09 Å². The van der Waals surface area contributed by atoms with Crippen molar-refractivity contribution >= 4 is 9.39 Å². The summed E-state index contributed by atoms with van der Waals surface area (Å²) in [6.45, 7) is 5.69. The van der Waals surface area contributed by atoms with Gasteiger partial charge in [0, 0.05) is 13.1 Å². The molecule has 0 aliphatic rings. The van der Waals surface area contributed by atoms with E-state index in [1.54, 1.807) is 0 Å². The molecule has 1 N–H and O–H groups in total. The van der Waals surface area contributed by atoms with E-state index in [1.165, 1.54) is 25.8 Å². The fraction of sp³-hybridized carbons (Fsp3) is 1.00. The number of hydrogen-bond acceptors (Lipinski definition) is 2. The molecule has 0 fully saturated rings. The van der Waals surface area contributed by atoms with Crippen molar-refractivity contribution in [3.8, 4) is 0 Å². The molecule has 0 aliphatic carbocycles. The van der Waals surface area contributed by atoms with E-state index in [-0.39, 0.29) is 0 Å². The van der Waals surface area contributed by atoms with E-state index in [1.807, 2.05) is 0 Å². The monoisotopic (exact) mass is 176 g/mol. The number of nitrogens with zero attached hydrogens (tertiary/aromatic N) is 1. The second-order valence-electron chi connectivity index (χ2n) is 2.96. The summed E-state index contributed by atoms with van der Waals surface area (Å²) < 4.78 is 0. The molecule has 0 aromatic heterocycles. The molecule has 0 saturated carbocycles. The summed E-state index contributed by atoms with van der Waals surface area (Å²) in [5.74, 6) is 0. The Balaban J connectivity index is 3.02. The summed E-state index contributed by atoms with van der Waals surface area (Å²) in [6, 6.07) is 0. The van der Waals surface area contributed by atoms with Crippen LogP contribution in [0.15, 0.2) is 0 Å². The molecule has 0 amide bonds. The standard InChI is InChI=1S/C8H21N2P/c1-3-4-5-7-10(2)8-6-9-11/h9H,3-8,11H2,1-2H3. The molecule has 0 heterocycles. The van der Waals surface area contributed by atoms with Crippen molar-refractivity contribution in [1.29, 1.82) is 0 Å². The van der Waals surface area contributed by atoms with Gasteiger partial charge in [-0.1, -0.05) is 29.2 Å². The van der Waals surface area contributed by atoms with E-state index < -0.39 is 0 Å². The zero-order valence-electron chi connectivity index (χ0n) is 7.77. The minimum atomic E-state index is 1.06. The molecule has 0 aliphatic heterocycles. The maximum absolute atomic E-state index is 3.06. The molecule has 0 radical (unpaired) electrons. The maximum atomic E-state index is 3.06. The van der Waals surface area contributed by atoms with Crippen molar-refractivity contribution in [3.05, 3.63) is 0 Å². The fourth-order valence-corrected chi connectivity index (χ4v) is 1.13. The van der Waals surface area contributed by atoms with E-state index >= 15 is 0 Å². The van der Waals surface area contributed by atoms with Crippen LogP contribution in [0.2, 0.25) is 0 Å². The second kappa shape index (κ2) is 8.45. The minimum absolute atomic E-state index is 1.06. The number of nitrogens with one attached hydrogen (secondary N) is 1. The van der Waals surface area contributed by atoms with E-state index in [9.17, 15) is 0 Å². The van der Waals surface area contributed by atoms with E-state index in [0.717, 1.165) is 13.1 Å². The topological polar surface area (TPSA) is 15.3 Å². The lowest BCUT2D eigenvalue weighted by Crippen LogP contribution is -2.26. The molecule has 2 nitrogen and oxygen atoms in total. The Bertz CT molecular complexity index is 78.5. The predicted molar refractivity (Wildman–Crippen MR) is 54.7 cm³/mol. The van der Waals surface area contributed by atoms with Gasteiger partial charge in [0.15, 0.2) is 0 Å². The third-order valence-corrected chi connectivity index (χ3v) is 2.07. The van der Waals surface area contributed by atoms with Gasteiger partial charge in [0.05, 0.1) is 0 Å². The van der Waals surface area contributed by atoms with Crippen LogP contribution in [0.25, 0.3) is 0 Å². The Morgan fingerprint density at radius 3 is 2.55 bits per heavy atom. The van der Waals surface area contributed by atoms with Gasteiger partial charge in [0.2, 0.25) is 0 Å². The van der Waals surface area contributed by atoms with Gasteiger partial charge in [0.1, 0.15) is 0 Å². The molecule has 68 valence electrons. The maximum Gasteiger partial charge on any atom is 0.0114 e. The summed E-state index contributed by atoms with van der Waals surface area (Å²) in [5, 5.41) is 3.06. The molecule has 1 unspecified atom stereocenters. The normalized spacial score (nSPS) is 10.9. The Hall–Kier alpha value is 0.350. The fourth-order valence-electron chi connectivity index (χ4n) is 0.999. The highest BCUT2D eigenvalue weighted by atomic mass is 31.0. The molecular weight excluding hydrogens is 155 g/mol. The molecule has 0 rings (SSSR count). The number of hydrogen-bond donors (Lipinski definition) is 1. The summed E-state index contributed by atoms with van der Waals surface area (Å²) >= 11 is 0. The van der Waals surface area contributed by atoms with Crippen LogP contribution in [0.3, 0.4) is 0 Å². The SMILES string of the molecule is CCCCCN(C)CCNP. The molecule has 0 aromatic rings. The minimum Gasteiger partial charge on any atom is -0.305 e. The Labute approximate surface area is 73.0 Å². The Morgan fingerprint density at radius 1 is 1.27 bits per heavy atom. The van der Waals surface area contributed by atoms with Gasteiger partial charge in [0.25, 0.3) is 0 Å². The van der Waals surface area contributed by atoms with E-state index in [4.69, 9.17) is 0 Å². The van der Waals surface area contributed by atoms with Crippen LogP contribution in [-0.4, -0.2) is 31.6 Å². The molecule has 0 aromatic carbocycles. The van der Waals surface area contributed by atoms with Crippen molar-refractivity contribution in [1.82, 2.24) is 9.99 Å². The molecule has 11 heavy (non-hydrogen) atoms. The van der Waals surface area contributed by atoms with Crippen LogP contribution in [0.1, 0.15) is 26.2 Å². The molecule has 0 saturated heterocycles. The van der Waals surface area contributed by atoms with Crippen LogP contribution in [0, 0.1) is 0 Å². The van der Waals surface area contributed by atoms with E-state index in [2.05, 4.69) is 33.3 Å². The van der Waals surface area contributed by atoms with Crippen molar-refractivity contribution < 1.29 is 0 Å². The van der Waals surface area contributed by atoms with Gasteiger partial charge in [-0.2, -0.15) is 0 Å². The van der Waals surface area contributed by atoms with Crippen LogP contribution in [0.5, 0.6) is 0 Å². The lowest BCUT2D eigenvalue weighted by atomic mass is 10.2. The first-order valence-electron chi connectivity index (χ1n) is 4.43. The molecule has 3 heteroatoms. The van der Waals surface area contributed by atoms with Gasteiger partial charge in [-0.15, -0.1) is 0 Å². The van der Waals surface area contributed by atoms with Crippen molar-refractivity contribution in [2.75, 3.05) is 26.7 Å². The predicted octanol–water partition coefficient (Wildman–Crippen LogP) is 1.49. The summed E-state index contributed by atoms with van der Waals surface area (Å²) in [4.78, 5) is 2.37. The Kier molecular flexibility index (Phi) is 8.72. The van der Waals surface area contributed by atoms with E-state index in [0.29, 0.717) is 0 Å². The summed E-state index contributed by atoms with van der Waals surface area (Å²) in [5.41, 5.74) is 0. The smallest absolute Gasteiger partial charge is 0.0114 e. The third-order valence-electron chi connectivity index (χ3n) is 1.78. The summed E-state index contributed by atoms with van der Waals surface area (Å²) in [7, 11) is 4.70. The second-order valence-corrected chi connectivity index (χ2v) is 3.37. The Morgan fingerprint density at radius 2 is 2.00 bits per heavy atom. The highest BCUT2D eigenvalue weighted by molar-refractivity contribution is 7.13. The van der Waals surface area contributed by atoms with Crippen molar-refractivity contribution in [2.24, 2.45) is 0 Å². The van der Waals surface area contributed by atoms with Crippen molar-refractivity contribution in [3.63, 3.8) is 0 Å². The van der Waals surface area contributed by atoms with Gasteiger partial charge in [-0.05, 0) is 20.0 Å². The number of unbranched alkanes of at least 4 members (excludes halogenated alkanes) is 2. The first kappa shape index (κ1) is 11.4. The molecule has 0 spiro atoms. The first-order valence-corrected chi connectivity index (χ1v) is 5.01. The largest absolute Gasteiger partial charge is 0.305 e. The van der Waals surface area contributed by atoms with Crippen LogP contribution in [0.4, 0.5) is 0 Å².